The number of hydrogen-bond acceptors (Lipinski definition) is 11. The number of ketones is 1. The third-order valence-corrected chi connectivity index (χ3v) is 16.0. The van der Waals surface area contributed by atoms with Crippen LogP contribution in [-0.2, 0) is 43.4 Å². The van der Waals surface area contributed by atoms with Crippen LogP contribution in [0.4, 0.5) is 22.4 Å². The molecule has 5 fully saturated rings. The van der Waals surface area contributed by atoms with Crippen LogP contribution in [0.25, 0.3) is 10.9 Å². The van der Waals surface area contributed by atoms with Crippen LogP contribution in [0.2, 0.25) is 0 Å². The lowest BCUT2D eigenvalue weighted by Crippen LogP contribution is -2.49. The maximum atomic E-state index is 14.0. The minimum Gasteiger partial charge on any atom is -0.351 e. The van der Waals surface area contributed by atoms with Crippen LogP contribution in [-0.4, -0.2) is 106 Å². The zero-order valence-corrected chi connectivity index (χ0v) is 35.3. The number of rotatable bonds is 9. The second-order valence-electron chi connectivity index (χ2n) is 17.8. The quantitative estimate of drug-likeness (QED) is 0.238. The number of Topliss-reactive ketones (excluding diaryl/α,β-unsaturated/α-hetero) is 1. The van der Waals surface area contributed by atoms with Gasteiger partial charge in [0, 0.05) is 81.7 Å². The number of aryl methyl sites for hydroxylation is 1. The molecule has 16 nitrogen and oxygen atoms in total. The van der Waals surface area contributed by atoms with E-state index in [9.17, 15) is 27.6 Å². The molecule has 6 aliphatic rings. The number of nitrogens with one attached hydrogen (secondary N) is 2. The molecule has 0 unspecified atom stereocenters. The number of anilines is 3. The number of imide groups is 1. The Morgan fingerprint density at radius 1 is 0.885 bits per heavy atom. The molecular formula is C44H52N10O6S. The van der Waals surface area contributed by atoms with Crippen molar-refractivity contribution in [1.29, 1.82) is 0 Å². The van der Waals surface area contributed by atoms with Crippen LogP contribution in [0.1, 0.15) is 99.7 Å². The van der Waals surface area contributed by atoms with E-state index < -0.39 is 21.5 Å². The van der Waals surface area contributed by atoms with Crippen LogP contribution in [0.3, 0.4) is 0 Å². The predicted molar refractivity (Wildman–Crippen MR) is 228 cm³/mol. The smallest absolute Gasteiger partial charge is 0.329 e. The Labute approximate surface area is 355 Å². The van der Waals surface area contributed by atoms with E-state index in [1.165, 1.54) is 10.5 Å². The first-order valence-corrected chi connectivity index (χ1v) is 23.3. The summed E-state index contributed by atoms with van der Waals surface area (Å²) in [5.74, 6) is 1.96. The van der Waals surface area contributed by atoms with Gasteiger partial charge in [0.2, 0.25) is 27.8 Å². The summed E-state index contributed by atoms with van der Waals surface area (Å²) in [6.45, 7) is 3.44. The Kier molecular flexibility index (Phi) is 10.2. The van der Waals surface area contributed by atoms with E-state index in [-0.39, 0.29) is 36.1 Å². The van der Waals surface area contributed by atoms with Crippen LogP contribution >= 0.6 is 0 Å². The molecule has 2 saturated carbocycles. The van der Waals surface area contributed by atoms with Crippen molar-refractivity contribution in [3.63, 3.8) is 0 Å². The van der Waals surface area contributed by atoms with Gasteiger partial charge >= 0.3 is 6.03 Å². The molecule has 6 heterocycles. The molecule has 320 valence electrons. The minimum atomic E-state index is -3.71. The highest BCUT2D eigenvalue weighted by atomic mass is 32.2. The zero-order chi connectivity index (χ0) is 42.0. The van der Waals surface area contributed by atoms with Gasteiger partial charge < -0.3 is 5.32 Å². The lowest BCUT2D eigenvalue weighted by Gasteiger charge is -2.38. The highest BCUT2D eigenvalue weighted by Crippen LogP contribution is 2.54. The molecule has 0 radical (unpaired) electrons. The highest BCUT2D eigenvalue weighted by Gasteiger charge is 2.57. The number of hydrogen-bond donors (Lipinski definition) is 2. The molecule has 2 N–H and O–H groups in total. The largest absolute Gasteiger partial charge is 0.351 e. The van der Waals surface area contributed by atoms with Crippen LogP contribution < -0.4 is 20.4 Å². The molecule has 4 amide bonds. The molecule has 61 heavy (non-hydrogen) atoms. The summed E-state index contributed by atoms with van der Waals surface area (Å²) >= 11 is 0. The van der Waals surface area contributed by atoms with E-state index >= 15 is 0 Å². The van der Waals surface area contributed by atoms with Crippen molar-refractivity contribution in [3.8, 4) is 0 Å². The van der Waals surface area contributed by atoms with E-state index in [1.807, 2.05) is 31.3 Å². The van der Waals surface area contributed by atoms with Gasteiger partial charge in [-0.3, -0.25) is 39.1 Å². The summed E-state index contributed by atoms with van der Waals surface area (Å²) < 4.78 is 31.3. The predicted octanol–water partition coefficient (Wildman–Crippen LogP) is 4.73. The number of likely N-dealkylation sites (tertiary alicyclic amines) is 1. The fraction of sp³-hybridized carbons (Fsp3) is 0.523. The molecule has 3 saturated heterocycles. The molecule has 1 atom stereocenters. The number of benzene rings is 2. The Balaban J connectivity index is 0.745. The van der Waals surface area contributed by atoms with Crippen LogP contribution in [0.15, 0.2) is 53.6 Å². The van der Waals surface area contributed by atoms with E-state index in [1.54, 1.807) is 26.2 Å². The van der Waals surface area contributed by atoms with E-state index in [0.29, 0.717) is 80.3 Å². The first-order valence-electron chi connectivity index (χ1n) is 21.9. The minimum absolute atomic E-state index is 0.0300. The number of urea groups is 1. The molecule has 2 aliphatic carbocycles. The topological polar surface area (TPSA) is 183 Å². The number of sulfonamides is 1. The number of piperidine rings is 2. The summed E-state index contributed by atoms with van der Waals surface area (Å²) in [4.78, 5) is 66.0. The molecule has 10 rings (SSSR count). The van der Waals surface area contributed by atoms with Crippen molar-refractivity contribution in [1.82, 2.24) is 34.3 Å². The van der Waals surface area contributed by atoms with Gasteiger partial charge in [-0.2, -0.15) is 14.4 Å². The molecule has 4 aliphatic heterocycles. The van der Waals surface area contributed by atoms with Gasteiger partial charge in [0.1, 0.15) is 11.6 Å². The van der Waals surface area contributed by atoms with Gasteiger partial charge in [0.15, 0.2) is 5.82 Å². The number of aromatic nitrogens is 4. The maximum absolute atomic E-state index is 14.0. The molecule has 4 aromatic rings. The second kappa shape index (κ2) is 15.6. The number of carbonyl (C=O) groups is 4. The highest BCUT2D eigenvalue weighted by molar-refractivity contribution is 7.89. The van der Waals surface area contributed by atoms with Crippen molar-refractivity contribution in [2.24, 2.45) is 7.05 Å². The van der Waals surface area contributed by atoms with Crippen molar-refractivity contribution in [2.75, 3.05) is 47.8 Å². The Morgan fingerprint density at radius 2 is 1.69 bits per heavy atom. The number of fused-ring (bicyclic) bond motifs is 3. The standard InChI is InChI=1S/C44H52N10O6S/c1-50-37-24-30(9-10-35(37)39(49-50)53-22-15-38(56)47-43(53)58)29-11-18-51(19-12-29)27-28-5-2-8-34(23-28)61(59,60)52-20-13-31(14-21-52)46-42-45-26-36-40(48-42)54(32-6-3-7-33(55)25-32)41(57)44(36)16-4-17-44/h2,5,8-10,23-24,26,29,31-32H,3-4,6-7,11-22,25,27H2,1H3,(H,45,46,48)(H,47,56,58)/t32-/m1/s1. The van der Waals surface area contributed by atoms with Gasteiger partial charge in [0.05, 0.1) is 15.8 Å². The van der Waals surface area contributed by atoms with Crippen molar-refractivity contribution >= 4 is 62.1 Å². The summed E-state index contributed by atoms with van der Waals surface area (Å²) in [5.41, 5.74) is 3.44. The summed E-state index contributed by atoms with van der Waals surface area (Å²) in [7, 11) is -1.84. The molecule has 2 aromatic heterocycles. The molecule has 1 spiro atoms. The second-order valence-corrected chi connectivity index (χ2v) is 19.8. The first-order chi connectivity index (χ1) is 29.5. The SMILES string of the molecule is Cn1nc(N2CCC(=O)NC2=O)c2ccc(C3CCN(Cc4cccc(S(=O)(=O)N5CCC(Nc6ncc7c(n6)N([C@@H]6CCCC(=O)C6)C(=O)C76CCC6)CC5)c4)CC3)cc21. The van der Waals surface area contributed by atoms with Gasteiger partial charge in [-0.05, 0) is 106 Å². The number of nitrogens with zero attached hydrogens (tertiary/aromatic N) is 8. The average molecular weight is 849 g/mol. The molecule has 0 bridgehead atoms. The van der Waals surface area contributed by atoms with Crippen molar-refractivity contribution < 1.29 is 27.6 Å². The molecule has 17 heteroatoms. The van der Waals surface area contributed by atoms with Gasteiger partial charge in [-0.1, -0.05) is 24.6 Å². The van der Waals surface area contributed by atoms with Crippen molar-refractivity contribution in [3.05, 3.63) is 65.4 Å². The van der Waals surface area contributed by atoms with Gasteiger partial charge in [-0.15, -0.1) is 0 Å². The van der Waals surface area contributed by atoms with Crippen molar-refractivity contribution in [2.45, 2.75) is 112 Å². The van der Waals surface area contributed by atoms with E-state index in [4.69, 9.17) is 4.98 Å². The lowest BCUT2D eigenvalue weighted by atomic mass is 9.66. The Morgan fingerprint density at radius 3 is 2.43 bits per heavy atom. The Bertz CT molecular complexity index is 2540. The lowest BCUT2D eigenvalue weighted by molar-refractivity contribution is -0.127. The molecule has 2 aromatic carbocycles. The molecular weight excluding hydrogens is 797 g/mol. The first kappa shape index (κ1) is 39.9. The number of carbonyl (C=O) groups excluding carboxylic acids is 4. The van der Waals surface area contributed by atoms with E-state index in [0.717, 1.165) is 80.1 Å². The third-order valence-electron chi connectivity index (χ3n) is 14.1. The monoisotopic (exact) mass is 848 g/mol. The maximum Gasteiger partial charge on any atom is 0.329 e. The van der Waals surface area contributed by atoms with Crippen LogP contribution in [0, 0.1) is 0 Å². The fourth-order valence-electron chi connectivity index (χ4n) is 10.5. The van der Waals surface area contributed by atoms with Gasteiger partial charge in [-0.25, -0.2) is 18.2 Å². The Hall–Kier alpha value is -5.26. The third kappa shape index (κ3) is 7.17. The van der Waals surface area contributed by atoms with Crippen LogP contribution in [0.5, 0.6) is 0 Å². The van der Waals surface area contributed by atoms with Gasteiger partial charge in [0.25, 0.3) is 0 Å². The normalized spacial score (nSPS) is 23.1. The number of amides is 4. The summed E-state index contributed by atoms with van der Waals surface area (Å²) in [6.07, 6.45) is 10.2. The summed E-state index contributed by atoms with van der Waals surface area (Å²) in [5, 5.41) is 11.3. The van der Waals surface area contributed by atoms with E-state index in [2.05, 4.69) is 37.7 Å². The summed E-state index contributed by atoms with van der Waals surface area (Å²) in [6, 6.07) is 13.0. The fourth-order valence-corrected chi connectivity index (χ4v) is 12.1. The zero-order valence-electron chi connectivity index (χ0n) is 34.5. The average Bonchev–Trinajstić information content (AvgIpc) is 3.71.